The summed E-state index contributed by atoms with van der Waals surface area (Å²) in [5.41, 5.74) is 0. The second-order valence-electron chi connectivity index (χ2n) is 3.00. The molecule has 0 spiro atoms. The molecule has 2 aromatic rings. The monoisotopic (exact) mass is 352 g/mol. The second-order valence-corrected chi connectivity index (χ2v) is 5.07. The SMILES string of the molecule is Clc1cc(Oc2cc(Br)ccc2Cl)c(Cl)nn1. The summed E-state index contributed by atoms with van der Waals surface area (Å²) in [5.74, 6) is 0.749. The summed E-state index contributed by atoms with van der Waals surface area (Å²) in [7, 11) is 0. The molecular weight excluding hydrogens is 350 g/mol. The van der Waals surface area contributed by atoms with Crippen molar-refractivity contribution in [3.8, 4) is 11.5 Å². The molecule has 0 bridgehead atoms. The van der Waals surface area contributed by atoms with E-state index in [1.54, 1.807) is 18.2 Å². The molecule has 1 aromatic carbocycles. The Bertz CT molecular complexity index is 516. The van der Waals surface area contributed by atoms with Crippen LogP contribution in [-0.4, -0.2) is 10.2 Å². The van der Waals surface area contributed by atoms with Crippen LogP contribution in [0.3, 0.4) is 0 Å². The van der Waals surface area contributed by atoms with Crippen LogP contribution in [0.4, 0.5) is 0 Å². The van der Waals surface area contributed by atoms with E-state index in [4.69, 9.17) is 39.5 Å². The molecular formula is C10H4BrCl3N2O. The van der Waals surface area contributed by atoms with Crippen LogP contribution in [0.15, 0.2) is 28.7 Å². The molecule has 0 N–H and O–H groups in total. The van der Waals surface area contributed by atoms with E-state index in [0.29, 0.717) is 16.5 Å². The van der Waals surface area contributed by atoms with Gasteiger partial charge in [0.1, 0.15) is 5.75 Å². The third kappa shape index (κ3) is 3.22. The van der Waals surface area contributed by atoms with Gasteiger partial charge in [-0.25, -0.2) is 0 Å². The standard InChI is InChI=1S/C10H4BrCl3N2O/c11-5-1-2-6(12)7(3-5)17-8-4-9(13)15-16-10(8)14/h1-4H. The van der Waals surface area contributed by atoms with Gasteiger partial charge in [-0.2, -0.15) is 0 Å². The first-order valence-electron chi connectivity index (χ1n) is 4.38. The van der Waals surface area contributed by atoms with E-state index in [2.05, 4.69) is 26.1 Å². The highest BCUT2D eigenvalue weighted by Gasteiger charge is 2.09. The Hall–Kier alpha value is -0.550. The molecule has 0 aliphatic heterocycles. The molecule has 0 aliphatic carbocycles. The average Bonchev–Trinajstić information content (AvgIpc) is 2.28. The van der Waals surface area contributed by atoms with Gasteiger partial charge in [-0.1, -0.05) is 50.7 Å². The Kier molecular flexibility index (Phi) is 4.09. The summed E-state index contributed by atoms with van der Waals surface area (Å²) in [6.45, 7) is 0. The molecule has 0 aliphatic rings. The van der Waals surface area contributed by atoms with E-state index < -0.39 is 0 Å². The van der Waals surface area contributed by atoms with Crippen LogP contribution < -0.4 is 4.74 Å². The maximum atomic E-state index is 5.98. The lowest BCUT2D eigenvalue weighted by Crippen LogP contribution is -1.91. The number of ether oxygens (including phenoxy) is 1. The van der Waals surface area contributed by atoms with Gasteiger partial charge in [-0.15, -0.1) is 10.2 Å². The summed E-state index contributed by atoms with van der Waals surface area (Å²) < 4.78 is 6.36. The minimum absolute atomic E-state index is 0.116. The maximum absolute atomic E-state index is 5.98. The topological polar surface area (TPSA) is 35.0 Å². The summed E-state index contributed by atoms with van der Waals surface area (Å²) in [5, 5.41) is 7.97. The number of aromatic nitrogens is 2. The van der Waals surface area contributed by atoms with Gasteiger partial charge in [0.05, 0.1) is 5.02 Å². The Morgan fingerprint density at radius 1 is 1.00 bits per heavy atom. The third-order valence-electron chi connectivity index (χ3n) is 1.80. The lowest BCUT2D eigenvalue weighted by molar-refractivity contribution is 0.478. The van der Waals surface area contributed by atoms with E-state index in [1.165, 1.54) is 6.07 Å². The van der Waals surface area contributed by atoms with Crippen molar-refractivity contribution in [2.45, 2.75) is 0 Å². The minimum Gasteiger partial charge on any atom is -0.452 e. The minimum atomic E-state index is 0.116. The Balaban J connectivity index is 2.37. The quantitative estimate of drug-likeness (QED) is 0.762. The molecule has 7 heteroatoms. The molecule has 0 amide bonds. The van der Waals surface area contributed by atoms with Crippen molar-refractivity contribution in [2.24, 2.45) is 0 Å². The van der Waals surface area contributed by atoms with Crippen molar-refractivity contribution in [1.29, 1.82) is 0 Å². The number of nitrogens with zero attached hydrogens (tertiary/aromatic N) is 2. The molecule has 0 unspecified atom stereocenters. The van der Waals surface area contributed by atoms with Gasteiger partial charge < -0.3 is 4.74 Å². The van der Waals surface area contributed by atoms with Crippen molar-refractivity contribution in [3.63, 3.8) is 0 Å². The fraction of sp³-hybridized carbons (Fsp3) is 0. The Labute approximate surface area is 121 Å². The van der Waals surface area contributed by atoms with Gasteiger partial charge in [-0.05, 0) is 18.2 Å². The number of hydrogen-bond acceptors (Lipinski definition) is 3. The van der Waals surface area contributed by atoms with E-state index in [9.17, 15) is 0 Å². The molecule has 0 radical (unpaired) electrons. The zero-order valence-electron chi connectivity index (χ0n) is 8.12. The number of rotatable bonds is 2. The summed E-state index contributed by atoms with van der Waals surface area (Å²) in [6.07, 6.45) is 0. The van der Waals surface area contributed by atoms with Gasteiger partial charge >= 0.3 is 0 Å². The molecule has 0 saturated carbocycles. The molecule has 0 fully saturated rings. The zero-order valence-corrected chi connectivity index (χ0v) is 12.0. The lowest BCUT2D eigenvalue weighted by Gasteiger charge is -2.08. The highest BCUT2D eigenvalue weighted by molar-refractivity contribution is 9.10. The van der Waals surface area contributed by atoms with Crippen molar-refractivity contribution < 1.29 is 4.74 Å². The van der Waals surface area contributed by atoms with E-state index in [-0.39, 0.29) is 10.3 Å². The van der Waals surface area contributed by atoms with Crippen molar-refractivity contribution in [2.75, 3.05) is 0 Å². The summed E-state index contributed by atoms with van der Waals surface area (Å²) in [6, 6.07) is 6.68. The van der Waals surface area contributed by atoms with Gasteiger partial charge in [0.25, 0.3) is 0 Å². The second kappa shape index (κ2) is 5.40. The van der Waals surface area contributed by atoms with Gasteiger partial charge in [-0.3, -0.25) is 0 Å². The van der Waals surface area contributed by atoms with Crippen LogP contribution in [0.5, 0.6) is 11.5 Å². The van der Waals surface area contributed by atoms with Crippen LogP contribution in [0.2, 0.25) is 15.3 Å². The molecule has 17 heavy (non-hydrogen) atoms. The van der Waals surface area contributed by atoms with E-state index in [1.807, 2.05) is 0 Å². The van der Waals surface area contributed by atoms with Crippen LogP contribution in [-0.2, 0) is 0 Å². The molecule has 0 atom stereocenters. The highest BCUT2D eigenvalue weighted by atomic mass is 79.9. The van der Waals surface area contributed by atoms with Crippen LogP contribution >= 0.6 is 50.7 Å². The molecule has 1 heterocycles. The Morgan fingerprint density at radius 3 is 2.53 bits per heavy atom. The fourth-order valence-corrected chi connectivity index (χ4v) is 1.85. The normalized spacial score (nSPS) is 10.4. The third-order valence-corrected chi connectivity index (χ3v) is 3.05. The molecule has 3 nitrogen and oxygen atoms in total. The van der Waals surface area contributed by atoms with Crippen molar-refractivity contribution >= 4 is 50.7 Å². The van der Waals surface area contributed by atoms with E-state index in [0.717, 1.165) is 4.47 Å². The molecule has 88 valence electrons. The van der Waals surface area contributed by atoms with Crippen LogP contribution in [0, 0.1) is 0 Å². The fourth-order valence-electron chi connectivity index (χ4n) is 1.08. The first-order chi connectivity index (χ1) is 8.06. The molecule has 2 rings (SSSR count). The molecule has 0 saturated heterocycles. The number of hydrogen-bond donors (Lipinski definition) is 0. The first-order valence-corrected chi connectivity index (χ1v) is 6.30. The van der Waals surface area contributed by atoms with Crippen molar-refractivity contribution in [1.82, 2.24) is 10.2 Å². The largest absolute Gasteiger partial charge is 0.452 e. The molecule has 1 aromatic heterocycles. The van der Waals surface area contributed by atoms with Crippen molar-refractivity contribution in [3.05, 3.63) is 44.1 Å². The van der Waals surface area contributed by atoms with Gasteiger partial charge in [0.2, 0.25) is 0 Å². The average molecular weight is 354 g/mol. The highest BCUT2D eigenvalue weighted by Crippen LogP contribution is 2.34. The van der Waals surface area contributed by atoms with Gasteiger partial charge in [0.15, 0.2) is 16.1 Å². The first kappa shape index (κ1) is 12.9. The van der Waals surface area contributed by atoms with Gasteiger partial charge in [0, 0.05) is 10.5 Å². The smallest absolute Gasteiger partial charge is 0.194 e. The van der Waals surface area contributed by atoms with E-state index >= 15 is 0 Å². The predicted molar refractivity (Wildman–Crippen MR) is 71.3 cm³/mol. The summed E-state index contributed by atoms with van der Waals surface area (Å²) >= 11 is 20.8. The predicted octanol–water partition coefficient (Wildman–Crippen LogP) is 4.99. The Morgan fingerprint density at radius 2 is 1.76 bits per heavy atom. The van der Waals surface area contributed by atoms with Crippen LogP contribution in [0.25, 0.3) is 0 Å². The van der Waals surface area contributed by atoms with Crippen LogP contribution in [0.1, 0.15) is 0 Å². The maximum Gasteiger partial charge on any atom is 0.194 e. The number of halogens is 4. The summed E-state index contributed by atoms with van der Waals surface area (Å²) in [4.78, 5) is 0. The number of benzene rings is 1. The lowest BCUT2D eigenvalue weighted by atomic mass is 10.3. The zero-order chi connectivity index (χ0) is 12.4.